The van der Waals surface area contributed by atoms with Crippen molar-refractivity contribution in [3.8, 4) is 0 Å². The fourth-order valence-corrected chi connectivity index (χ4v) is 4.26. The number of thiophene rings is 1. The van der Waals surface area contributed by atoms with Crippen molar-refractivity contribution < 1.29 is 4.74 Å². The van der Waals surface area contributed by atoms with Gasteiger partial charge in [0.15, 0.2) is 0 Å². The van der Waals surface area contributed by atoms with Crippen LogP contribution in [0.15, 0.2) is 29.6 Å². The summed E-state index contributed by atoms with van der Waals surface area (Å²) in [5, 5.41) is 7.35. The summed E-state index contributed by atoms with van der Waals surface area (Å²) in [6.07, 6.45) is 2.91. The van der Waals surface area contributed by atoms with Crippen LogP contribution in [-0.4, -0.2) is 43.8 Å². The van der Waals surface area contributed by atoms with Crippen LogP contribution in [0.25, 0.3) is 10.1 Å². The zero-order valence-corrected chi connectivity index (χ0v) is 13.2. The van der Waals surface area contributed by atoms with E-state index < -0.39 is 0 Å². The average Bonchev–Trinajstić information content (AvgIpc) is 3.24. The van der Waals surface area contributed by atoms with Crippen LogP contribution in [0, 0.1) is 0 Å². The molecule has 1 aromatic heterocycles. The first-order valence-electron chi connectivity index (χ1n) is 7.84. The Hall–Kier alpha value is -0.940. The summed E-state index contributed by atoms with van der Waals surface area (Å²) < 4.78 is 7.49. The van der Waals surface area contributed by atoms with Gasteiger partial charge in [-0.1, -0.05) is 18.2 Å². The lowest BCUT2D eigenvalue weighted by Crippen LogP contribution is -2.47. The number of hydrogen-bond donors (Lipinski definition) is 1. The van der Waals surface area contributed by atoms with E-state index in [-0.39, 0.29) is 6.10 Å². The molecule has 2 heterocycles. The van der Waals surface area contributed by atoms with Crippen molar-refractivity contribution >= 4 is 21.4 Å². The van der Waals surface area contributed by atoms with Gasteiger partial charge in [0.1, 0.15) is 0 Å². The van der Waals surface area contributed by atoms with E-state index in [1.807, 2.05) is 11.3 Å². The third kappa shape index (κ3) is 2.73. The molecule has 1 saturated carbocycles. The summed E-state index contributed by atoms with van der Waals surface area (Å²) in [6.45, 7) is 2.81. The number of nitrogens with zero attached hydrogens (tertiary/aromatic N) is 1. The van der Waals surface area contributed by atoms with Crippen LogP contribution >= 0.6 is 11.3 Å². The number of benzene rings is 1. The number of hydrogen-bond acceptors (Lipinski definition) is 4. The second-order valence-electron chi connectivity index (χ2n) is 6.20. The first kappa shape index (κ1) is 13.7. The van der Waals surface area contributed by atoms with Gasteiger partial charge in [-0.3, -0.25) is 4.90 Å². The second kappa shape index (κ2) is 5.69. The molecule has 0 amide bonds. The molecule has 3 nitrogen and oxygen atoms in total. The van der Waals surface area contributed by atoms with Crippen LogP contribution in [0.5, 0.6) is 0 Å². The van der Waals surface area contributed by atoms with Crippen molar-refractivity contribution in [2.75, 3.05) is 26.7 Å². The van der Waals surface area contributed by atoms with Crippen molar-refractivity contribution in [1.82, 2.24) is 10.2 Å². The molecule has 1 saturated heterocycles. The number of ether oxygens (including phenoxy) is 1. The minimum Gasteiger partial charge on any atom is -0.374 e. The molecule has 2 aliphatic rings. The quantitative estimate of drug-likeness (QED) is 0.939. The molecule has 112 valence electrons. The SMILES string of the molecule is CN1CCOC(CNC2CC2)C1c1csc2ccccc12. The maximum absolute atomic E-state index is 6.11. The molecular weight excluding hydrogens is 280 g/mol. The van der Waals surface area contributed by atoms with Gasteiger partial charge in [-0.25, -0.2) is 0 Å². The molecule has 1 aromatic carbocycles. The third-order valence-corrected chi connectivity index (χ3v) is 5.60. The highest BCUT2D eigenvalue weighted by molar-refractivity contribution is 7.17. The van der Waals surface area contributed by atoms with Crippen molar-refractivity contribution in [2.45, 2.75) is 31.0 Å². The summed E-state index contributed by atoms with van der Waals surface area (Å²) in [5.41, 5.74) is 1.43. The Morgan fingerprint density at radius 3 is 3.05 bits per heavy atom. The lowest BCUT2D eigenvalue weighted by atomic mass is 9.97. The highest BCUT2D eigenvalue weighted by Crippen LogP contribution is 2.36. The molecule has 0 bridgehead atoms. The molecule has 2 aromatic rings. The van der Waals surface area contributed by atoms with Gasteiger partial charge in [-0.15, -0.1) is 11.3 Å². The van der Waals surface area contributed by atoms with E-state index in [0.29, 0.717) is 6.04 Å². The summed E-state index contributed by atoms with van der Waals surface area (Å²) in [4.78, 5) is 2.46. The Labute approximate surface area is 129 Å². The van der Waals surface area contributed by atoms with Gasteiger partial charge in [0, 0.05) is 23.8 Å². The highest BCUT2D eigenvalue weighted by Gasteiger charge is 2.34. The van der Waals surface area contributed by atoms with Crippen molar-refractivity contribution in [2.24, 2.45) is 0 Å². The monoisotopic (exact) mass is 302 g/mol. The Bertz CT molecular complexity index is 622. The zero-order chi connectivity index (χ0) is 14.2. The van der Waals surface area contributed by atoms with Crippen molar-refractivity contribution in [3.05, 3.63) is 35.2 Å². The average molecular weight is 302 g/mol. The van der Waals surface area contributed by atoms with Gasteiger partial charge in [0.25, 0.3) is 0 Å². The molecule has 21 heavy (non-hydrogen) atoms. The van der Waals surface area contributed by atoms with E-state index in [1.165, 1.54) is 28.5 Å². The number of rotatable bonds is 4. The van der Waals surface area contributed by atoms with Gasteiger partial charge in [-0.2, -0.15) is 0 Å². The van der Waals surface area contributed by atoms with Gasteiger partial charge in [0.05, 0.1) is 18.8 Å². The lowest BCUT2D eigenvalue weighted by Gasteiger charge is -2.39. The molecule has 4 rings (SSSR count). The molecular formula is C17H22N2OS. The van der Waals surface area contributed by atoms with Gasteiger partial charge in [0.2, 0.25) is 0 Å². The smallest absolute Gasteiger partial charge is 0.0897 e. The molecule has 0 radical (unpaired) electrons. The normalized spacial score (nSPS) is 27.3. The van der Waals surface area contributed by atoms with Crippen LogP contribution < -0.4 is 5.32 Å². The van der Waals surface area contributed by atoms with Gasteiger partial charge < -0.3 is 10.1 Å². The van der Waals surface area contributed by atoms with Crippen molar-refractivity contribution in [1.29, 1.82) is 0 Å². The minimum atomic E-state index is 0.252. The maximum Gasteiger partial charge on any atom is 0.0897 e. The lowest BCUT2D eigenvalue weighted by molar-refractivity contribution is -0.0609. The second-order valence-corrected chi connectivity index (χ2v) is 7.12. The number of likely N-dealkylation sites (N-methyl/N-ethyl adjacent to an activating group) is 1. The van der Waals surface area contributed by atoms with Crippen LogP contribution in [0.1, 0.15) is 24.4 Å². The molecule has 2 fully saturated rings. The highest BCUT2D eigenvalue weighted by atomic mass is 32.1. The molecule has 4 heteroatoms. The molecule has 1 aliphatic heterocycles. The number of nitrogens with one attached hydrogen (secondary N) is 1. The number of morpholine rings is 1. The molecule has 2 unspecified atom stereocenters. The van der Waals surface area contributed by atoms with E-state index in [4.69, 9.17) is 4.74 Å². The third-order valence-electron chi connectivity index (χ3n) is 4.62. The molecule has 0 spiro atoms. The van der Waals surface area contributed by atoms with Crippen LogP contribution in [0.2, 0.25) is 0 Å². The van der Waals surface area contributed by atoms with E-state index >= 15 is 0 Å². The zero-order valence-electron chi connectivity index (χ0n) is 12.4. The summed E-state index contributed by atoms with van der Waals surface area (Å²) in [7, 11) is 2.23. The summed E-state index contributed by atoms with van der Waals surface area (Å²) in [5.74, 6) is 0. The fourth-order valence-electron chi connectivity index (χ4n) is 3.27. The predicted octanol–water partition coefficient (Wildman–Crippen LogP) is 3.03. The summed E-state index contributed by atoms with van der Waals surface area (Å²) in [6, 6.07) is 9.82. The summed E-state index contributed by atoms with van der Waals surface area (Å²) >= 11 is 1.85. The Balaban J connectivity index is 1.64. The molecule has 1 N–H and O–H groups in total. The van der Waals surface area contributed by atoms with Crippen LogP contribution in [0.4, 0.5) is 0 Å². The van der Waals surface area contributed by atoms with E-state index in [2.05, 4.69) is 46.9 Å². The molecule has 2 atom stereocenters. The van der Waals surface area contributed by atoms with E-state index in [1.54, 1.807) is 0 Å². The fraction of sp³-hybridized carbons (Fsp3) is 0.529. The number of fused-ring (bicyclic) bond motifs is 1. The predicted molar refractivity (Wildman–Crippen MR) is 88.0 cm³/mol. The van der Waals surface area contributed by atoms with E-state index in [9.17, 15) is 0 Å². The van der Waals surface area contributed by atoms with Gasteiger partial charge >= 0.3 is 0 Å². The first-order valence-corrected chi connectivity index (χ1v) is 8.72. The van der Waals surface area contributed by atoms with Crippen LogP contribution in [0.3, 0.4) is 0 Å². The Kier molecular flexibility index (Phi) is 3.71. The maximum atomic E-state index is 6.11. The molecule has 1 aliphatic carbocycles. The largest absolute Gasteiger partial charge is 0.374 e. The van der Waals surface area contributed by atoms with Crippen LogP contribution in [-0.2, 0) is 4.74 Å². The topological polar surface area (TPSA) is 24.5 Å². The van der Waals surface area contributed by atoms with Crippen molar-refractivity contribution in [3.63, 3.8) is 0 Å². The van der Waals surface area contributed by atoms with E-state index in [0.717, 1.165) is 25.7 Å². The minimum absolute atomic E-state index is 0.252. The first-order chi connectivity index (χ1) is 10.3. The van der Waals surface area contributed by atoms with Gasteiger partial charge in [-0.05, 0) is 42.3 Å². The Morgan fingerprint density at radius 2 is 2.19 bits per heavy atom. The standard InChI is InChI=1S/C17H22N2OS/c1-19-8-9-20-15(10-18-12-6-7-12)17(19)14-11-21-16-5-3-2-4-13(14)16/h2-5,11-12,15,17-18H,6-10H2,1H3. The Morgan fingerprint density at radius 1 is 1.33 bits per heavy atom.